The summed E-state index contributed by atoms with van der Waals surface area (Å²) in [7, 11) is 2.16. The first-order chi connectivity index (χ1) is 16.5. The van der Waals surface area contributed by atoms with E-state index in [0.29, 0.717) is 29.3 Å². The van der Waals surface area contributed by atoms with Crippen LogP contribution < -0.4 is 15.8 Å². The Labute approximate surface area is 198 Å². The summed E-state index contributed by atoms with van der Waals surface area (Å²) in [5.74, 6) is 1.02. The Balaban J connectivity index is 1.49. The number of nitrogens with zero attached hydrogens (tertiary/aromatic N) is 7. The molecule has 0 atom stereocenters. The van der Waals surface area contributed by atoms with Crippen LogP contribution in [0.15, 0.2) is 66.2 Å². The number of aromatic nitrogens is 5. The van der Waals surface area contributed by atoms with Gasteiger partial charge in [0.05, 0.1) is 6.54 Å². The molecule has 1 aliphatic heterocycles. The molecule has 1 fully saturated rings. The van der Waals surface area contributed by atoms with Crippen molar-refractivity contribution in [3.05, 3.63) is 77.4 Å². The van der Waals surface area contributed by atoms with Gasteiger partial charge in [-0.3, -0.25) is 4.79 Å². The van der Waals surface area contributed by atoms with Crippen LogP contribution in [0, 0.1) is 6.92 Å². The van der Waals surface area contributed by atoms with Crippen LogP contribution in [-0.4, -0.2) is 62.4 Å². The van der Waals surface area contributed by atoms with Crippen molar-refractivity contribution < 1.29 is 0 Å². The molecule has 34 heavy (non-hydrogen) atoms. The normalized spacial score (nSPS) is 14.5. The first-order valence-corrected chi connectivity index (χ1v) is 11.4. The average Bonchev–Trinajstić information content (AvgIpc) is 3.11. The second kappa shape index (κ2) is 9.11. The summed E-state index contributed by atoms with van der Waals surface area (Å²) >= 11 is 0. The monoisotopic (exact) mass is 456 g/mol. The van der Waals surface area contributed by atoms with E-state index < -0.39 is 0 Å². The molecule has 5 rings (SSSR count). The maximum Gasteiger partial charge on any atom is 0.278 e. The van der Waals surface area contributed by atoms with Crippen LogP contribution in [0.2, 0.25) is 0 Å². The van der Waals surface area contributed by atoms with Gasteiger partial charge in [-0.2, -0.15) is 4.98 Å². The van der Waals surface area contributed by atoms with Gasteiger partial charge < -0.3 is 15.1 Å². The van der Waals surface area contributed by atoms with Crippen molar-refractivity contribution in [2.45, 2.75) is 13.5 Å². The molecular weight excluding hydrogens is 428 g/mol. The second-order valence-electron chi connectivity index (χ2n) is 8.52. The van der Waals surface area contributed by atoms with E-state index in [2.05, 4.69) is 57.8 Å². The Kier molecular flexibility index (Phi) is 5.85. The Morgan fingerprint density at radius 2 is 1.94 bits per heavy atom. The Morgan fingerprint density at radius 3 is 2.65 bits per heavy atom. The molecular formula is C25H28N8O. The Morgan fingerprint density at radius 1 is 1.12 bits per heavy atom. The lowest BCUT2D eigenvalue weighted by Crippen LogP contribution is -2.44. The van der Waals surface area contributed by atoms with Gasteiger partial charge >= 0.3 is 0 Å². The molecule has 1 aromatic carbocycles. The maximum absolute atomic E-state index is 13.0. The van der Waals surface area contributed by atoms with E-state index in [1.807, 2.05) is 24.3 Å². The predicted octanol–water partition coefficient (Wildman–Crippen LogP) is 2.97. The molecule has 4 aromatic rings. The third kappa shape index (κ3) is 4.06. The standard InChI is InChI=1S/C25H28N8O/c1-4-11-32-24(34)20-17-27-25(29-23(20)33(32)22-7-5-6-10-26-22)28-19-8-9-21(18(2)16-19)31-14-12-30(3)13-15-31/h4-10,16-17H,1,11-15H2,2-3H3,(H,27,28,29). The van der Waals surface area contributed by atoms with E-state index in [-0.39, 0.29) is 5.56 Å². The SMILES string of the molecule is C=CCn1c(=O)c2cnc(Nc3ccc(N4CCN(C)CC4)c(C)c3)nc2n1-c1ccccn1. The van der Waals surface area contributed by atoms with Crippen molar-refractivity contribution >= 4 is 28.4 Å². The zero-order valence-corrected chi connectivity index (χ0v) is 19.5. The smallest absolute Gasteiger partial charge is 0.278 e. The molecule has 174 valence electrons. The first-order valence-electron chi connectivity index (χ1n) is 11.4. The number of nitrogens with one attached hydrogen (secondary N) is 1. The van der Waals surface area contributed by atoms with Gasteiger partial charge in [0.1, 0.15) is 5.39 Å². The maximum atomic E-state index is 13.0. The first kappa shape index (κ1) is 21.8. The highest BCUT2D eigenvalue weighted by atomic mass is 16.1. The summed E-state index contributed by atoms with van der Waals surface area (Å²) in [6.07, 6.45) is 4.93. The summed E-state index contributed by atoms with van der Waals surface area (Å²) in [4.78, 5) is 31.3. The number of pyridine rings is 1. The largest absolute Gasteiger partial charge is 0.369 e. The summed E-state index contributed by atoms with van der Waals surface area (Å²) in [6, 6.07) is 11.8. The van der Waals surface area contributed by atoms with E-state index in [0.717, 1.165) is 31.9 Å². The molecule has 0 bridgehead atoms. The molecule has 4 heterocycles. The Bertz CT molecular complexity index is 1380. The number of anilines is 3. The van der Waals surface area contributed by atoms with Crippen molar-refractivity contribution in [1.29, 1.82) is 0 Å². The van der Waals surface area contributed by atoms with Crippen LogP contribution in [0.3, 0.4) is 0 Å². The van der Waals surface area contributed by atoms with E-state index in [9.17, 15) is 4.79 Å². The van der Waals surface area contributed by atoms with Crippen LogP contribution >= 0.6 is 0 Å². The summed E-state index contributed by atoms with van der Waals surface area (Å²) in [6.45, 7) is 10.4. The molecule has 9 nitrogen and oxygen atoms in total. The molecule has 9 heteroatoms. The number of hydrogen-bond acceptors (Lipinski definition) is 7. The Hall–Kier alpha value is -3.98. The van der Waals surface area contributed by atoms with Crippen molar-refractivity contribution in [2.75, 3.05) is 43.4 Å². The lowest BCUT2D eigenvalue weighted by molar-refractivity contribution is 0.312. The second-order valence-corrected chi connectivity index (χ2v) is 8.52. The highest BCUT2D eigenvalue weighted by Crippen LogP contribution is 2.26. The number of aryl methyl sites for hydroxylation is 1. The molecule has 3 aromatic heterocycles. The summed E-state index contributed by atoms with van der Waals surface area (Å²) in [5.41, 5.74) is 3.65. The van der Waals surface area contributed by atoms with Gasteiger partial charge in [-0.15, -0.1) is 6.58 Å². The fraction of sp³-hybridized carbons (Fsp3) is 0.280. The summed E-state index contributed by atoms with van der Waals surface area (Å²) < 4.78 is 3.28. The number of likely N-dealkylation sites (N-methyl/N-ethyl adjacent to an activating group) is 1. The fourth-order valence-electron chi connectivity index (χ4n) is 4.35. The number of rotatable bonds is 6. The van der Waals surface area contributed by atoms with Crippen molar-refractivity contribution in [1.82, 2.24) is 29.2 Å². The molecule has 0 radical (unpaired) electrons. The third-order valence-corrected chi connectivity index (χ3v) is 6.14. The van der Waals surface area contributed by atoms with E-state index in [1.54, 1.807) is 27.8 Å². The quantitative estimate of drug-likeness (QED) is 0.447. The number of fused-ring (bicyclic) bond motifs is 1. The minimum Gasteiger partial charge on any atom is -0.369 e. The number of benzene rings is 1. The van der Waals surface area contributed by atoms with Crippen LogP contribution in [-0.2, 0) is 6.54 Å². The predicted molar refractivity (Wildman–Crippen MR) is 135 cm³/mol. The number of hydrogen-bond donors (Lipinski definition) is 1. The average molecular weight is 457 g/mol. The topological polar surface area (TPSA) is 84.1 Å². The highest BCUT2D eigenvalue weighted by Gasteiger charge is 2.18. The lowest BCUT2D eigenvalue weighted by atomic mass is 10.1. The van der Waals surface area contributed by atoms with Gasteiger partial charge in [0.2, 0.25) is 5.95 Å². The minimum absolute atomic E-state index is 0.181. The molecule has 1 saturated heterocycles. The highest BCUT2D eigenvalue weighted by molar-refractivity contribution is 5.77. The zero-order chi connectivity index (χ0) is 23.7. The molecule has 0 amide bonds. The van der Waals surface area contributed by atoms with Crippen LogP contribution in [0.25, 0.3) is 16.9 Å². The zero-order valence-electron chi connectivity index (χ0n) is 19.5. The third-order valence-electron chi connectivity index (χ3n) is 6.14. The van der Waals surface area contributed by atoms with Crippen LogP contribution in [0.4, 0.5) is 17.3 Å². The van der Waals surface area contributed by atoms with Crippen LogP contribution in [0.5, 0.6) is 0 Å². The van der Waals surface area contributed by atoms with Crippen molar-refractivity contribution in [3.8, 4) is 5.82 Å². The van der Waals surface area contributed by atoms with Crippen molar-refractivity contribution in [3.63, 3.8) is 0 Å². The molecule has 0 saturated carbocycles. The van der Waals surface area contributed by atoms with E-state index in [4.69, 9.17) is 4.98 Å². The molecule has 0 spiro atoms. The lowest BCUT2D eigenvalue weighted by Gasteiger charge is -2.35. The van der Waals surface area contributed by atoms with E-state index >= 15 is 0 Å². The van der Waals surface area contributed by atoms with Crippen LogP contribution in [0.1, 0.15) is 5.56 Å². The minimum atomic E-state index is -0.181. The van der Waals surface area contributed by atoms with Gasteiger partial charge in [0.25, 0.3) is 5.56 Å². The van der Waals surface area contributed by atoms with Gasteiger partial charge in [-0.25, -0.2) is 19.3 Å². The van der Waals surface area contributed by atoms with Crippen molar-refractivity contribution in [2.24, 2.45) is 0 Å². The van der Waals surface area contributed by atoms with E-state index in [1.165, 1.54) is 11.3 Å². The molecule has 0 unspecified atom stereocenters. The van der Waals surface area contributed by atoms with Gasteiger partial charge in [0.15, 0.2) is 11.5 Å². The van der Waals surface area contributed by atoms with Gasteiger partial charge in [0, 0.05) is 49.9 Å². The fourth-order valence-corrected chi connectivity index (χ4v) is 4.35. The molecule has 0 aliphatic carbocycles. The molecule has 1 aliphatic rings. The number of allylic oxidation sites excluding steroid dienone is 1. The summed E-state index contributed by atoms with van der Waals surface area (Å²) in [5, 5.41) is 3.73. The number of piperazine rings is 1. The van der Waals surface area contributed by atoms with Gasteiger partial charge in [-0.05, 0) is 49.9 Å². The van der Waals surface area contributed by atoms with Gasteiger partial charge in [-0.1, -0.05) is 12.1 Å². The molecule has 1 N–H and O–H groups in total.